The third kappa shape index (κ3) is 3.34. The summed E-state index contributed by atoms with van der Waals surface area (Å²) in [5, 5.41) is 3.20. The Morgan fingerprint density at radius 3 is 1.77 bits per heavy atom. The van der Waals surface area contributed by atoms with Gasteiger partial charge >= 0.3 is 0 Å². The van der Waals surface area contributed by atoms with Gasteiger partial charge in [0.2, 0.25) is 0 Å². The van der Waals surface area contributed by atoms with Crippen LogP contribution >= 0.6 is 11.6 Å². The van der Waals surface area contributed by atoms with Crippen molar-refractivity contribution < 1.29 is 0 Å². The molecule has 2 aliphatic carbocycles. The number of para-hydroxylation sites is 1. The van der Waals surface area contributed by atoms with E-state index in [-0.39, 0.29) is 0 Å². The van der Waals surface area contributed by atoms with E-state index in [1.54, 1.807) is 0 Å². The molecule has 0 N–H and O–H groups in total. The van der Waals surface area contributed by atoms with Crippen LogP contribution in [0.15, 0.2) is 158 Å². The van der Waals surface area contributed by atoms with Crippen LogP contribution in [0.3, 0.4) is 0 Å². The monoisotopic (exact) mass is 567 g/mol. The van der Waals surface area contributed by atoms with Crippen molar-refractivity contribution in [3.8, 4) is 22.3 Å². The molecule has 0 unspecified atom stereocenters. The van der Waals surface area contributed by atoms with E-state index >= 15 is 0 Å². The Labute approximate surface area is 256 Å². The second-order valence-electron chi connectivity index (χ2n) is 11.4. The lowest BCUT2D eigenvalue weighted by molar-refractivity contribution is 0.793. The molecule has 0 saturated carbocycles. The Bertz CT molecular complexity index is 2160. The third-order valence-electron chi connectivity index (χ3n) is 9.32. The van der Waals surface area contributed by atoms with Gasteiger partial charge in [0.05, 0.1) is 11.1 Å². The molecular weight excluding hydrogens is 542 g/mol. The molecule has 0 aromatic heterocycles. The Morgan fingerprint density at radius 1 is 0.419 bits per heavy atom. The first-order chi connectivity index (χ1) is 21.2. The number of rotatable bonds is 3. The van der Waals surface area contributed by atoms with Crippen LogP contribution < -0.4 is 4.90 Å². The number of nitrogens with zero attached hydrogens (tertiary/aromatic N) is 1. The van der Waals surface area contributed by atoms with E-state index in [0.29, 0.717) is 0 Å². The Balaban J connectivity index is 1.38. The molecule has 0 aliphatic heterocycles. The van der Waals surface area contributed by atoms with Crippen LogP contribution in [0.1, 0.15) is 22.3 Å². The van der Waals surface area contributed by atoms with Gasteiger partial charge in [0.15, 0.2) is 0 Å². The molecule has 0 atom stereocenters. The predicted octanol–water partition coefficient (Wildman–Crippen LogP) is 11.3. The van der Waals surface area contributed by atoms with Crippen LogP contribution in [0.2, 0.25) is 5.02 Å². The maximum absolute atomic E-state index is 6.77. The SMILES string of the molecule is Clc1ccc2c(c1)C1(c3ccccc3-c3ccccc31)c1cc(N(c3ccccc3)c3cccc4ccccc34)ccc1-2. The first-order valence-electron chi connectivity index (χ1n) is 14.7. The minimum absolute atomic E-state index is 0.458. The average molecular weight is 568 g/mol. The molecule has 0 saturated heterocycles. The highest BCUT2D eigenvalue weighted by Gasteiger charge is 2.51. The number of hydrogen-bond donors (Lipinski definition) is 0. The summed E-state index contributed by atoms with van der Waals surface area (Å²) < 4.78 is 0. The maximum Gasteiger partial charge on any atom is 0.0726 e. The summed E-state index contributed by atoms with van der Waals surface area (Å²) in [5.41, 5.74) is 13.2. The van der Waals surface area contributed by atoms with Crippen molar-refractivity contribution >= 4 is 39.4 Å². The molecule has 9 rings (SSSR count). The summed E-state index contributed by atoms with van der Waals surface area (Å²) in [6.07, 6.45) is 0. The lowest BCUT2D eigenvalue weighted by atomic mass is 9.70. The highest BCUT2D eigenvalue weighted by Crippen LogP contribution is 2.63. The summed E-state index contributed by atoms with van der Waals surface area (Å²) in [4.78, 5) is 2.40. The van der Waals surface area contributed by atoms with Crippen molar-refractivity contribution in [2.75, 3.05) is 4.90 Å². The quantitative estimate of drug-likeness (QED) is 0.205. The van der Waals surface area contributed by atoms with Crippen LogP contribution in [0, 0.1) is 0 Å². The summed E-state index contributed by atoms with van der Waals surface area (Å²) >= 11 is 6.77. The largest absolute Gasteiger partial charge is 0.310 e. The Kier molecular flexibility index (Phi) is 5.24. The zero-order valence-corrected chi connectivity index (χ0v) is 24.1. The fourth-order valence-corrected chi connectivity index (χ4v) is 7.82. The summed E-state index contributed by atoms with van der Waals surface area (Å²) in [5.74, 6) is 0. The molecule has 2 aliphatic rings. The minimum atomic E-state index is -0.458. The molecule has 43 heavy (non-hydrogen) atoms. The van der Waals surface area contributed by atoms with Crippen molar-refractivity contribution in [3.63, 3.8) is 0 Å². The molecule has 0 bridgehead atoms. The normalized spacial score (nSPS) is 13.4. The van der Waals surface area contributed by atoms with Crippen LogP contribution in [-0.2, 0) is 5.41 Å². The first kappa shape index (κ1) is 24.5. The van der Waals surface area contributed by atoms with Crippen molar-refractivity contribution in [1.29, 1.82) is 0 Å². The van der Waals surface area contributed by atoms with E-state index in [1.165, 1.54) is 55.3 Å². The molecule has 0 heterocycles. The number of benzene rings is 7. The van der Waals surface area contributed by atoms with Crippen LogP contribution in [-0.4, -0.2) is 0 Å². The van der Waals surface area contributed by atoms with Gasteiger partial charge in [0.25, 0.3) is 0 Å². The number of hydrogen-bond acceptors (Lipinski definition) is 1. The second-order valence-corrected chi connectivity index (χ2v) is 11.9. The summed E-state index contributed by atoms with van der Waals surface area (Å²) in [7, 11) is 0. The van der Waals surface area contributed by atoms with Crippen molar-refractivity contribution in [3.05, 3.63) is 185 Å². The zero-order chi connectivity index (χ0) is 28.5. The molecule has 0 amide bonds. The van der Waals surface area contributed by atoms with E-state index in [2.05, 4.69) is 157 Å². The third-order valence-corrected chi connectivity index (χ3v) is 9.55. The minimum Gasteiger partial charge on any atom is -0.310 e. The van der Waals surface area contributed by atoms with Gasteiger partial charge in [-0.3, -0.25) is 0 Å². The highest BCUT2D eigenvalue weighted by atomic mass is 35.5. The van der Waals surface area contributed by atoms with E-state index in [0.717, 1.165) is 22.1 Å². The fourth-order valence-electron chi connectivity index (χ4n) is 7.65. The highest BCUT2D eigenvalue weighted by molar-refractivity contribution is 6.30. The smallest absolute Gasteiger partial charge is 0.0726 e. The Morgan fingerprint density at radius 2 is 1.00 bits per heavy atom. The van der Waals surface area contributed by atoms with Crippen molar-refractivity contribution in [1.82, 2.24) is 0 Å². The van der Waals surface area contributed by atoms with Gasteiger partial charge < -0.3 is 4.90 Å². The molecule has 1 spiro atoms. The average Bonchev–Trinajstić information content (AvgIpc) is 3.52. The molecule has 0 fully saturated rings. The van der Waals surface area contributed by atoms with Gasteiger partial charge in [-0.2, -0.15) is 0 Å². The van der Waals surface area contributed by atoms with Crippen molar-refractivity contribution in [2.45, 2.75) is 5.41 Å². The van der Waals surface area contributed by atoms with Crippen molar-refractivity contribution in [2.24, 2.45) is 0 Å². The van der Waals surface area contributed by atoms with E-state index in [1.807, 2.05) is 6.07 Å². The topological polar surface area (TPSA) is 3.24 Å². The van der Waals surface area contributed by atoms with E-state index < -0.39 is 5.41 Å². The van der Waals surface area contributed by atoms with Crippen LogP contribution in [0.4, 0.5) is 17.1 Å². The maximum atomic E-state index is 6.77. The fraction of sp³-hybridized carbons (Fsp3) is 0.0244. The molecule has 0 radical (unpaired) electrons. The predicted molar refractivity (Wildman–Crippen MR) is 180 cm³/mol. The zero-order valence-electron chi connectivity index (χ0n) is 23.3. The van der Waals surface area contributed by atoms with Crippen LogP contribution in [0.25, 0.3) is 33.0 Å². The van der Waals surface area contributed by atoms with Gasteiger partial charge in [-0.05, 0) is 92.4 Å². The molecule has 2 heteroatoms. The summed E-state index contributed by atoms with van der Waals surface area (Å²) in [6, 6.07) is 57.1. The summed E-state index contributed by atoms with van der Waals surface area (Å²) in [6.45, 7) is 0. The number of halogens is 1. The van der Waals surface area contributed by atoms with Gasteiger partial charge in [-0.15, -0.1) is 0 Å². The molecule has 1 nitrogen and oxygen atoms in total. The second kappa shape index (κ2) is 9.19. The Hall–Kier alpha value is -5.11. The first-order valence-corrected chi connectivity index (χ1v) is 15.1. The molecule has 202 valence electrons. The molecular formula is C41H26ClN. The van der Waals surface area contributed by atoms with Gasteiger partial charge in [0, 0.05) is 21.8 Å². The standard InChI is InChI=1S/C41H26ClN/c42-28-21-23-34-35-24-22-30(43(29-13-2-1-3-14-29)40-20-10-12-27-11-4-5-15-31(27)40)26-39(35)41(38(34)25-28)36-18-8-6-16-32(36)33-17-7-9-19-37(33)41/h1-26H. The van der Waals surface area contributed by atoms with Gasteiger partial charge in [-0.25, -0.2) is 0 Å². The lowest BCUT2D eigenvalue weighted by Gasteiger charge is -2.32. The number of fused-ring (bicyclic) bond motifs is 11. The van der Waals surface area contributed by atoms with E-state index in [4.69, 9.17) is 11.6 Å². The number of anilines is 3. The van der Waals surface area contributed by atoms with Gasteiger partial charge in [-0.1, -0.05) is 127 Å². The lowest BCUT2D eigenvalue weighted by Crippen LogP contribution is -2.26. The van der Waals surface area contributed by atoms with Crippen LogP contribution in [0.5, 0.6) is 0 Å². The molecule has 7 aromatic rings. The molecule has 7 aromatic carbocycles. The van der Waals surface area contributed by atoms with Gasteiger partial charge in [0.1, 0.15) is 0 Å². The van der Waals surface area contributed by atoms with E-state index in [9.17, 15) is 0 Å².